The van der Waals surface area contributed by atoms with E-state index in [1.54, 1.807) is 38.2 Å². The first-order valence-corrected chi connectivity index (χ1v) is 16.5. The Balaban J connectivity index is 1.37. The smallest absolute Gasteiger partial charge is 0.266 e. The van der Waals surface area contributed by atoms with Crippen molar-refractivity contribution < 1.29 is 13.2 Å². The van der Waals surface area contributed by atoms with Crippen LogP contribution in [0.3, 0.4) is 0 Å². The maximum Gasteiger partial charge on any atom is 0.266 e. The van der Waals surface area contributed by atoms with E-state index >= 15 is 0 Å². The topological polar surface area (TPSA) is 75.5 Å². The van der Waals surface area contributed by atoms with Gasteiger partial charge in [-0.2, -0.15) is 9.40 Å². The molecule has 1 amide bonds. The lowest BCUT2D eigenvalue weighted by Gasteiger charge is -2.29. The van der Waals surface area contributed by atoms with Gasteiger partial charge < -0.3 is 0 Å². The summed E-state index contributed by atoms with van der Waals surface area (Å²) in [6, 6.07) is 26.3. The number of hydrogen-bond donors (Lipinski definition) is 0. The minimum atomic E-state index is -3.65. The summed E-state index contributed by atoms with van der Waals surface area (Å²) in [5, 5.41) is 4.87. The van der Waals surface area contributed by atoms with E-state index in [1.807, 2.05) is 72.9 Å². The highest BCUT2D eigenvalue weighted by Crippen LogP contribution is 2.36. The van der Waals surface area contributed by atoms with E-state index in [2.05, 4.69) is 6.92 Å². The lowest BCUT2D eigenvalue weighted by molar-refractivity contribution is -0.122. The highest BCUT2D eigenvalue weighted by Gasteiger charge is 2.33. The van der Waals surface area contributed by atoms with Crippen molar-refractivity contribution in [3.05, 3.63) is 107 Å². The van der Waals surface area contributed by atoms with Gasteiger partial charge in [-0.25, -0.2) is 13.1 Å². The van der Waals surface area contributed by atoms with Crippen LogP contribution in [0.4, 0.5) is 0 Å². The Morgan fingerprint density at radius 2 is 1.67 bits per heavy atom. The van der Waals surface area contributed by atoms with Gasteiger partial charge in [0, 0.05) is 30.4 Å². The molecular formula is C32H30N4O3S3. The van der Waals surface area contributed by atoms with Crippen LogP contribution in [0.5, 0.6) is 0 Å². The summed E-state index contributed by atoms with van der Waals surface area (Å²) in [5.41, 5.74) is 3.77. The van der Waals surface area contributed by atoms with Crippen molar-refractivity contribution >= 4 is 50.3 Å². The van der Waals surface area contributed by atoms with Gasteiger partial charge in [-0.05, 0) is 54.7 Å². The fraction of sp³-hybridized carbons (Fsp3) is 0.219. The second kappa shape index (κ2) is 12.0. The van der Waals surface area contributed by atoms with Gasteiger partial charge in [-0.1, -0.05) is 91.6 Å². The number of hydrogen-bond acceptors (Lipinski definition) is 6. The third-order valence-corrected chi connectivity index (χ3v) is 10.9. The van der Waals surface area contributed by atoms with Crippen LogP contribution in [-0.4, -0.2) is 50.7 Å². The fourth-order valence-corrected chi connectivity index (χ4v) is 7.91. The molecule has 2 saturated heterocycles. The molecule has 0 aliphatic carbocycles. The van der Waals surface area contributed by atoms with Crippen LogP contribution in [0.25, 0.3) is 23.0 Å². The largest absolute Gasteiger partial charge is 0.288 e. The maximum atomic E-state index is 13.6. The molecule has 0 bridgehead atoms. The van der Waals surface area contributed by atoms with Crippen molar-refractivity contribution in [3.63, 3.8) is 0 Å². The van der Waals surface area contributed by atoms with Crippen LogP contribution in [-0.2, 0) is 21.4 Å². The molecule has 0 N–H and O–H groups in total. The van der Waals surface area contributed by atoms with Gasteiger partial charge in [-0.15, -0.1) is 0 Å². The minimum Gasteiger partial charge on any atom is -0.288 e. The highest BCUT2D eigenvalue weighted by molar-refractivity contribution is 8.26. The second-order valence-electron chi connectivity index (χ2n) is 10.6. The summed E-state index contributed by atoms with van der Waals surface area (Å²) < 4.78 is 30.9. The molecule has 0 radical (unpaired) electrons. The Bertz CT molecular complexity index is 1760. The van der Waals surface area contributed by atoms with Crippen molar-refractivity contribution in [1.29, 1.82) is 0 Å². The first kappa shape index (κ1) is 28.5. The predicted molar refractivity (Wildman–Crippen MR) is 171 cm³/mol. The SMILES string of the molecule is CC1CCN(S(=O)(=O)c2cccc(-c3nn(-c4ccccc4)cc3/C=C3\SC(=S)N(Cc4ccccc4)C3=O)c2)CC1. The quantitative estimate of drug-likeness (QED) is 0.178. The third-order valence-electron chi connectivity index (χ3n) is 7.59. The summed E-state index contributed by atoms with van der Waals surface area (Å²) in [6.07, 6.45) is 5.38. The Kier molecular flexibility index (Phi) is 8.13. The van der Waals surface area contributed by atoms with E-state index in [0.29, 0.717) is 51.6 Å². The number of carbonyl (C=O) groups excluding carboxylic acids is 1. The monoisotopic (exact) mass is 614 g/mol. The van der Waals surface area contributed by atoms with Crippen LogP contribution in [0.1, 0.15) is 30.9 Å². The van der Waals surface area contributed by atoms with E-state index < -0.39 is 10.0 Å². The van der Waals surface area contributed by atoms with Crippen LogP contribution in [0.2, 0.25) is 0 Å². The zero-order valence-corrected chi connectivity index (χ0v) is 25.5. The van der Waals surface area contributed by atoms with Gasteiger partial charge in [0.05, 0.1) is 22.0 Å². The summed E-state index contributed by atoms with van der Waals surface area (Å²) in [7, 11) is -3.65. The Morgan fingerprint density at radius 1 is 0.976 bits per heavy atom. The Hall–Kier alpha value is -3.57. The van der Waals surface area contributed by atoms with Gasteiger partial charge in [-0.3, -0.25) is 9.69 Å². The number of para-hydroxylation sites is 1. The number of aromatic nitrogens is 2. The molecule has 2 fully saturated rings. The van der Waals surface area contributed by atoms with Gasteiger partial charge in [0.15, 0.2) is 0 Å². The fourth-order valence-electron chi connectivity index (χ4n) is 5.15. The van der Waals surface area contributed by atoms with E-state index in [4.69, 9.17) is 17.3 Å². The normalized spacial score (nSPS) is 17.8. The van der Waals surface area contributed by atoms with Crippen LogP contribution in [0, 0.1) is 5.92 Å². The molecule has 42 heavy (non-hydrogen) atoms. The van der Waals surface area contributed by atoms with Crippen molar-refractivity contribution in [1.82, 2.24) is 19.0 Å². The molecule has 4 aromatic rings. The van der Waals surface area contributed by atoms with Crippen molar-refractivity contribution in [2.75, 3.05) is 13.1 Å². The van der Waals surface area contributed by atoms with E-state index in [0.717, 1.165) is 24.1 Å². The first-order chi connectivity index (χ1) is 20.3. The molecule has 214 valence electrons. The minimum absolute atomic E-state index is 0.164. The van der Waals surface area contributed by atoms with Gasteiger partial charge in [0.1, 0.15) is 10.0 Å². The van der Waals surface area contributed by atoms with E-state index in [1.165, 1.54) is 11.8 Å². The molecule has 2 aliphatic rings. The van der Waals surface area contributed by atoms with E-state index in [-0.39, 0.29) is 10.8 Å². The number of rotatable bonds is 7. The molecule has 2 aliphatic heterocycles. The zero-order chi connectivity index (χ0) is 29.3. The van der Waals surface area contributed by atoms with E-state index in [9.17, 15) is 13.2 Å². The van der Waals surface area contributed by atoms with Crippen LogP contribution in [0.15, 0.2) is 101 Å². The summed E-state index contributed by atoms with van der Waals surface area (Å²) in [6.45, 7) is 3.59. The average Bonchev–Trinajstić information content (AvgIpc) is 3.55. The number of carbonyl (C=O) groups is 1. The first-order valence-electron chi connectivity index (χ1n) is 13.8. The van der Waals surface area contributed by atoms with Gasteiger partial charge in [0.2, 0.25) is 10.0 Å². The highest BCUT2D eigenvalue weighted by atomic mass is 32.2. The van der Waals surface area contributed by atoms with Crippen molar-refractivity contribution in [3.8, 4) is 16.9 Å². The van der Waals surface area contributed by atoms with Gasteiger partial charge >= 0.3 is 0 Å². The second-order valence-corrected chi connectivity index (χ2v) is 14.2. The number of piperidine rings is 1. The molecule has 10 heteroatoms. The number of thioether (sulfide) groups is 1. The standard InChI is InChI=1S/C32H30N4O3S3/c1-23-15-17-34(18-16-23)42(38,39)28-14-8-11-25(19-28)30-26(22-36(33-30)27-12-6-3-7-13-27)20-29-31(37)35(32(40)41-29)21-24-9-4-2-5-10-24/h2-14,19-20,22-23H,15-18,21H2,1H3/b29-20-. The number of sulfonamides is 1. The molecule has 3 heterocycles. The Morgan fingerprint density at radius 3 is 2.38 bits per heavy atom. The number of nitrogens with zero attached hydrogens (tertiary/aromatic N) is 4. The van der Waals surface area contributed by atoms with Crippen LogP contribution < -0.4 is 0 Å². The molecule has 3 aromatic carbocycles. The maximum absolute atomic E-state index is 13.6. The number of thiocarbonyl (C=S) groups is 1. The molecule has 1 aromatic heterocycles. The number of amides is 1. The molecule has 0 spiro atoms. The molecule has 0 unspecified atom stereocenters. The Labute approximate surface area is 255 Å². The van der Waals surface area contributed by atoms with Crippen molar-refractivity contribution in [2.24, 2.45) is 5.92 Å². The molecular weight excluding hydrogens is 585 g/mol. The molecule has 0 saturated carbocycles. The zero-order valence-electron chi connectivity index (χ0n) is 23.1. The third kappa shape index (κ3) is 5.85. The molecule has 7 nitrogen and oxygen atoms in total. The summed E-state index contributed by atoms with van der Waals surface area (Å²) in [4.78, 5) is 15.8. The van der Waals surface area contributed by atoms with Crippen molar-refractivity contribution in [2.45, 2.75) is 31.2 Å². The molecule has 6 rings (SSSR count). The average molecular weight is 615 g/mol. The summed E-state index contributed by atoms with van der Waals surface area (Å²) in [5.74, 6) is 0.357. The van der Waals surface area contributed by atoms with Crippen LogP contribution >= 0.6 is 24.0 Å². The van der Waals surface area contributed by atoms with Gasteiger partial charge in [0.25, 0.3) is 5.91 Å². The predicted octanol–water partition coefficient (Wildman–Crippen LogP) is 6.36. The lowest BCUT2D eigenvalue weighted by Crippen LogP contribution is -2.37. The lowest BCUT2D eigenvalue weighted by atomic mass is 10.0. The number of benzene rings is 3. The molecule has 0 atom stereocenters. The summed E-state index contributed by atoms with van der Waals surface area (Å²) >= 11 is 6.84.